The predicted molar refractivity (Wildman–Crippen MR) is 88.3 cm³/mol. The molecule has 0 aromatic heterocycles. The van der Waals surface area contributed by atoms with Crippen LogP contribution in [0.3, 0.4) is 0 Å². The maximum Gasteiger partial charge on any atom is 0.240 e. The highest BCUT2D eigenvalue weighted by atomic mass is 16.3. The number of nitrogens with zero attached hydrogens (tertiary/aromatic N) is 1. The van der Waals surface area contributed by atoms with Crippen LogP contribution in [0.4, 0.5) is 0 Å². The maximum absolute atomic E-state index is 12.7. The molecule has 1 amide bonds. The zero-order valence-electron chi connectivity index (χ0n) is 13.7. The van der Waals surface area contributed by atoms with E-state index >= 15 is 0 Å². The fraction of sp³-hybridized carbons (Fsp3) is 0.611. The van der Waals surface area contributed by atoms with Crippen LogP contribution in [0.25, 0.3) is 0 Å². The third-order valence-corrected chi connectivity index (χ3v) is 4.50. The third-order valence-electron chi connectivity index (χ3n) is 4.50. The summed E-state index contributed by atoms with van der Waals surface area (Å²) in [5, 5.41) is 12.5. The molecule has 1 aliphatic rings. The number of hydrogen-bond donors (Lipinski definition) is 2. The molecule has 4 heteroatoms. The molecule has 1 aliphatic heterocycles. The van der Waals surface area contributed by atoms with E-state index in [9.17, 15) is 9.90 Å². The number of aliphatic hydroxyl groups excluding tert-OH is 1. The summed E-state index contributed by atoms with van der Waals surface area (Å²) >= 11 is 0. The Kier molecular flexibility index (Phi) is 6.40. The standard InChI is InChI=1S/C18H28N2O2/c1-3-4-6-11-16(14-9-7-5-8-10-14)20(2)18(22)15-12-13-17(21)19-15/h5,7-10,15-17,19,21H,3-4,6,11-13H2,1-2H3/t15-,16?,17?/m0/s1. The molecule has 1 heterocycles. The molecule has 1 fully saturated rings. The fourth-order valence-corrected chi connectivity index (χ4v) is 3.16. The first-order chi connectivity index (χ1) is 10.6. The molecular weight excluding hydrogens is 276 g/mol. The lowest BCUT2D eigenvalue weighted by Crippen LogP contribution is -2.45. The molecule has 122 valence electrons. The van der Waals surface area contributed by atoms with E-state index in [4.69, 9.17) is 0 Å². The monoisotopic (exact) mass is 304 g/mol. The Labute approximate surface area is 133 Å². The molecule has 0 radical (unpaired) electrons. The molecule has 0 spiro atoms. The second kappa shape index (κ2) is 8.30. The first-order valence-electron chi connectivity index (χ1n) is 8.39. The van der Waals surface area contributed by atoms with E-state index < -0.39 is 6.23 Å². The maximum atomic E-state index is 12.7. The third kappa shape index (κ3) is 4.31. The minimum Gasteiger partial charge on any atom is -0.379 e. The average molecular weight is 304 g/mol. The van der Waals surface area contributed by atoms with Gasteiger partial charge in [-0.1, -0.05) is 56.5 Å². The van der Waals surface area contributed by atoms with Gasteiger partial charge < -0.3 is 10.0 Å². The van der Waals surface area contributed by atoms with E-state index in [0.717, 1.165) is 12.8 Å². The summed E-state index contributed by atoms with van der Waals surface area (Å²) in [6, 6.07) is 10.1. The predicted octanol–water partition coefficient (Wildman–Crippen LogP) is 2.84. The number of aliphatic hydroxyl groups is 1. The fourth-order valence-electron chi connectivity index (χ4n) is 3.16. The van der Waals surface area contributed by atoms with Crippen LogP contribution in [0, 0.1) is 0 Å². The normalized spacial score (nSPS) is 22.5. The second-order valence-electron chi connectivity index (χ2n) is 6.18. The highest BCUT2D eigenvalue weighted by Crippen LogP contribution is 2.27. The van der Waals surface area contributed by atoms with Gasteiger partial charge in [-0.3, -0.25) is 10.1 Å². The topological polar surface area (TPSA) is 52.6 Å². The van der Waals surface area contributed by atoms with E-state index in [-0.39, 0.29) is 18.0 Å². The molecule has 0 bridgehead atoms. The highest BCUT2D eigenvalue weighted by Gasteiger charge is 2.32. The van der Waals surface area contributed by atoms with Gasteiger partial charge in [-0.15, -0.1) is 0 Å². The minimum atomic E-state index is -0.544. The van der Waals surface area contributed by atoms with Gasteiger partial charge in [0, 0.05) is 7.05 Å². The summed E-state index contributed by atoms with van der Waals surface area (Å²) in [6.07, 6.45) is 5.28. The van der Waals surface area contributed by atoms with Crippen LogP contribution in [-0.2, 0) is 4.79 Å². The van der Waals surface area contributed by atoms with Crippen molar-refractivity contribution in [3.05, 3.63) is 35.9 Å². The number of amides is 1. The Bertz CT molecular complexity index is 463. The zero-order chi connectivity index (χ0) is 15.9. The van der Waals surface area contributed by atoms with Gasteiger partial charge in [-0.2, -0.15) is 0 Å². The van der Waals surface area contributed by atoms with Gasteiger partial charge in [0.05, 0.1) is 12.1 Å². The molecule has 1 aromatic rings. The Morgan fingerprint density at radius 1 is 1.32 bits per heavy atom. The van der Waals surface area contributed by atoms with Gasteiger partial charge in [0.2, 0.25) is 5.91 Å². The van der Waals surface area contributed by atoms with Crippen LogP contribution >= 0.6 is 0 Å². The first-order valence-corrected chi connectivity index (χ1v) is 8.39. The van der Waals surface area contributed by atoms with Crippen molar-refractivity contribution in [2.75, 3.05) is 7.05 Å². The van der Waals surface area contributed by atoms with Crippen LogP contribution in [0.5, 0.6) is 0 Å². The Morgan fingerprint density at radius 2 is 2.05 bits per heavy atom. The molecule has 0 aliphatic carbocycles. The number of carbonyl (C=O) groups is 1. The molecule has 1 saturated heterocycles. The summed E-state index contributed by atoms with van der Waals surface area (Å²) in [4.78, 5) is 14.6. The van der Waals surface area contributed by atoms with Crippen molar-refractivity contribution in [1.82, 2.24) is 10.2 Å². The van der Waals surface area contributed by atoms with Gasteiger partial charge in [0.15, 0.2) is 0 Å². The molecule has 1 aromatic carbocycles. The van der Waals surface area contributed by atoms with Crippen molar-refractivity contribution >= 4 is 5.91 Å². The van der Waals surface area contributed by atoms with Crippen molar-refractivity contribution in [3.63, 3.8) is 0 Å². The van der Waals surface area contributed by atoms with Crippen LogP contribution in [0.15, 0.2) is 30.3 Å². The summed E-state index contributed by atoms with van der Waals surface area (Å²) in [7, 11) is 1.89. The minimum absolute atomic E-state index is 0.0851. The van der Waals surface area contributed by atoms with Gasteiger partial charge in [-0.25, -0.2) is 0 Å². The Balaban J connectivity index is 2.07. The Hall–Kier alpha value is -1.39. The number of benzene rings is 1. The van der Waals surface area contributed by atoms with Gasteiger partial charge >= 0.3 is 0 Å². The van der Waals surface area contributed by atoms with Gasteiger partial charge in [-0.05, 0) is 24.8 Å². The molecule has 2 rings (SSSR count). The van der Waals surface area contributed by atoms with Crippen molar-refractivity contribution in [1.29, 1.82) is 0 Å². The molecule has 0 saturated carbocycles. The largest absolute Gasteiger partial charge is 0.379 e. The van der Waals surface area contributed by atoms with Crippen LogP contribution in [-0.4, -0.2) is 35.2 Å². The lowest BCUT2D eigenvalue weighted by atomic mass is 9.98. The van der Waals surface area contributed by atoms with E-state index in [1.165, 1.54) is 18.4 Å². The summed E-state index contributed by atoms with van der Waals surface area (Å²) < 4.78 is 0. The number of rotatable bonds is 7. The van der Waals surface area contributed by atoms with Crippen molar-refractivity contribution in [3.8, 4) is 0 Å². The van der Waals surface area contributed by atoms with Crippen LogP contribution in [0.2, 0.25) is 0 Å². The second-order valence-corrected chi connectivity index (χ2v) is 6.18. The van der Waals surface area contributed by atoms with E-state index in [0.29, 0.717) is 12.8 Å². The van der Waals surface area contributed by atoms with Crippen molar-refractivity contribution in [2.24, 2.45) is 0 Å². The molecule has 22 heavy (non-hydrogen) atoms. The molecule has 3 atom stereocenters. The first kappa shape index (κ1) is 17.0. The molecule has 4 nitrogen and oxygen atoms in total. The smallest absolute Gasteiger partial charge is 0.240 e. The lowest BCUT2D eigenvalue weighted by molar-refractivity contribution is -0.134. The van der Waals surface area contributed by atoms with Crippen molar-refractivity contribution < 1.29 is 9.90 Å². The van der Waals surface area contributed by atoms with Crippen LogP contribution < -0.4 is 5.32 Å². The lowest BCUT2D eigenvalue weighted by Gasteiger charge is -2.31. The Morgan fingerprint density at radius 3 is 2.64 bits per heavy atom. The number of likely N-dealkylation sites (N-methyl/N-ethyl adjacent to an activating group) is 1. The summed E-state index contributed by atoms with van der Waals surface area (Å²) in [5.74, 6) is 0.0851. The van der Waals surface area contributed by atoms with Crippen molar-refractivity contribution in [2.45, 2.75) is 63.8 Å². The average Bonchev–Trinajstić information content (AvgIpc) is 2.97. The number of hydrogen-bond acceptors (Lipinski definition) is 3. The highest BCUT2D eigenvalue weighted by molar-refractivity contribution is 5.82. The van der Waals surface area contributed by atoms with E-state index in [1.807, 2.05) is 30.1 Å². The van der Waals surface area contributed by atoms with E-state index in [1.54, 1.807) is 0 Å². The quantitative estimate of drug-likeness (QED) is 0.762. The molecular formula is C18H28N2O2. The van der Waals surface area contributed by atoms with E-state index in [2.05, 4.69) is 24.4 Å². The summed E-state index contributed by atoms with van der Waals surface area (Å²) in [6.45, 7) is 2.19. The number of carbonyl (C=O) groups excluding carboxylic acids is 1. The number of unbranched alkanes of at least 4 members (excludes halogenated alkanes) is 2. The SMILES string of the molecule is CCCCCC(c1ccccc1)N(C)C(=O)[C@@H]1CCC(O)N1. The molecule has 2 unspecified atom stereocenters. The van der Waals surface area contributed by atoms with Gasteiger partial charge in [0.25, 0.3) is 0 Å². The molecule has 2 N–H and O–H groups in total. The number of nitrogens with one attached hydrogen (secondary N) is 1. The zero-order valence-corrected chi connectivity index (χ0v) is 13.7. The van der Waals surface area contributed by atoms with Crippen LogP contribution in [0.1, 0.15) is 57.1 Å². The summed E-state index contributed by atoms with van der Waals surface area (Å²) in [5.41, 5.74) is 1.19. The van der Waals surface area contributed by atoms with Gasteiger partial charge in [0.1, 0.15) is 6.23 Å².